The Hall–Kier alpha value is -5.57. The number of non-ortho nitro benzene ring substituents is 1. The van der Waals surface area contributed by atoms with Crippen LogP contribution in [0.2, 0.25) is 0 Å². The lowest BCUT2D eigenvalue weighted by Crippen LogP contribution is -2.49. The molecule has 44 heavy (non-hydrogen) atoms. The molecule has 4 unspecified atom stereocenters. The molecule has 3 heterocycles. The maximum atomic E-state index is 15.1. The molecule has 4 aromatic rings. The summed E-state index contributed by atoms with van der Waals surface area (Å²) in [5.74, 6) is -2.18. The van der Waals surface area contributed by atoms with Crippen molar-refractivity contribution in [2.24, 2.45) is 5.92 Å². The van der Waals surface area contributed by atoms with E-state index in [1.807, 2.05) is 55.5 Å². The molecule has 1 fully saturated rings. The summed E-state index contributed by atoms with van der Waals surface area (Å²) in [4.78, 5) is 57.2. The molecule has 0 aliphatic carbocycles. The van der Waals surface area contributed by atoms with E-state index < -0.39 is 39.9 Å². The van der Waals surface area contributed by atoms with Crippen molar-refractivity contribution >= 4 is 34.9 Å². The van der Waals surface area contributed by atoms with Crippen LogP contribution in [0.4, 0.5) is 11.4 Å². The number of ketones is 2. The predicted molar refractivity (Wildman–Crippen MR) is 163 cm³/mol. The van der Waals surface area contributed by atoms with Crippen molar-refractivity contribution in [1.82, 2.24) is 4.90 Å². The molecular formula is C35H27N3O6. The van der Waals surface area contributed by atoms with Crippen LogP contribution < -0.4 is 10.1 Å². The quantitative estimate of drug-likeness (QED) is 0.161. The highest BCUT2D eigenvalue weighted by molar-refractivity contribution is 6.17. The number of benzene rings is 4. The van der Waals surface area contributed by atoms with Crippen LogP contribution in [-0.2, 0) is 10.2 Å². The normalized spacial score (nSPS) is 22.6. The molecule has 9 heteroatoms. The van der Waals surface area contributed by atoms with E-state index in [0.717, 1.165) is 11.1 Å². The average molecular weight is 586 g/mol. The number of carbonyl (C=O) groups excluding carboxylic acids is 3. The SMILES string of the molecule is CCOc1ccccc1C(=O)C1C(C(=O)c2cccc([N+](=O)[O-])c2)N2C=Cc3ccccc3C2C12C(=O)Nc1ccccc12. The van der Waals surface area contributed by atoms with Gasteiger partial charge in [0.1, 0.15) is 17.2 Å². The number of anilines is 1. The molecule has 1 amide bonds. The molecule has 0 bridgehead atoms. The van der Waals surface area contributed by atoms with Crippen molar-refractivity contribution < 1.29 is 24.0 Å². The molecule has 0 radical (unpaired) electrons. The number of hydrogen-bond donors (Lipinski definition) is 1. The van der Waals surface area contributed by atoms with E-state index in [-0.39, 0.29) is 22.7 Å². The highest BCUT2D eigenvalue weighted by Gasteiger charge is 2.71. The molecular weight excluding hydrogens is 558 g/mol. The Morgan fingerprint density at radius 2 is 1.70 bits per heavy atom. The number of ether oxygens (including phenoxy) is 1. The third-order valence-electron chi connectivity index (χ3n) is 8.92. The van der Waals surface area contributed by atoms with Crippen molar-refractivity contribution in [3.8, 4) is 5.75 Å². The van der Waals surface area contributed by atoms with Crippen molar-refractivity contribution in [3.05, 3.63) is 141 Å². The van der Waals surface area contributed by atoms with E-state index in [2.05, 4.69) is 5.32 Å². The lowest BCUT2D eigenvalue weighted by atomic mass is 9.62. The van der Waals surface area contributed by atoms with Gasteiger partial charge in [0, 0.05) is 29.6 Å². The lowest BCUT2D eigenvalue weighted by molar-refractivity contribution is -0.384. The molecule has 1 N–H and O–H groups in total. The Bertz CT molecular complexity index is 1900. The van der Waals surface area contributed by atoms with E-state index >= 15 is 4.79 Å². The fraction of sp³-hybridized carbons (Fsp3) is 0.171. The minimum absolute atomic E-state index is 0.0786. The first-order valence-corrected chi connectivity index (χ1v) is 14.4. The van der Waals surface area contributed by atoms with E-state index in [0.29, 0.717) is 23.6 Å². The summed E-state index contributed by atoms with van der Waals surface area (Å²) in [7, 11) is 0. The number of nitro groups is 1. The van der Waals surface area contributed by atoms with Crippen molar-refractivity contribution in [2.75, 3.05) is 11.9 Å². The van der Waals surface area contributed by atoms with Gasteiger partial charge in [-0.3, -0.25) is 24.5 Å². The molecule has 3 aliphatic heterocycles. The Labute approximate surface area is 252 Å². The number of amides is 1. The summed E-state index contributed by atoms with van der Waals surface area (Å²) < 4.78 is 5.85. The highest BCUT2D eigenvalue weighted by Crippen LogP contribution is 2.62. The molecule has 7 rings (SSSR count). The number of nitro benzene ring substituents is 1. The van der Waals surface area contributed by atoms with E-state index in [9.17, 15) is 19.7 Å². The summed E-state index contributed by atoms with van der Waals surface area (Å²) in [6.45, 7) is 2.12. The van der Waals surface area contributed by atoms with E-state index in [4.69, 9.17) is 4.74 Å². The lowest BCUT2D eigenvalue weighted by Gasteiger charge is -2.38. The van der Waals surface area contributed by atoms with Crippen LogP contribution in [0.5, 0.6) is 5.75 Å². The Balaban J connectivity index is 1.53. The number of rotatable bonds is 7. The van der Waals surface area contributed by atoms with Gasteiger partial charge in [-0.2, -0.15) is 0 Å². The van der Waals surface area contributed by atoms with Crippen molar-refractivity contribution in [3.63, 3.8) is 0 Å². The third-order valence-corrected chi connectivity index (χ3v) is 8.92. The zero-order valence-corrected chi connectivity index (χ0v) is 23.7. The van der Waals surface area contributed by atoms with Crippen LogP contribution in [-0.4, -0.2) is 39.9 Å². The number of hydrogen-bond acceptors (Lipinski definition) is 7. The molecule has 9 nitrogen and oxygen atoms in total. The number of carbonyl (C=O) groups is 3. The standard InChI is InChI=1S/C35H27N3O6/c1-2-44-28-17-8-5-14-25(28)32(40)29-30(31(39)22-11-9-12-23(20-22)38(42)43)37-19-18-21-10-3-4-13-24(21)33(37)35(29)26-15-6-7-16-27(26)36-34(35)41/h3-20,29-30,33H,2H2,1H3,(H,36,41). The molecule has 0 aromatic heterocycles. The highest BCUT2D eigenvalue weighted by atomic mass is 16.6. The summed E-state index contributed by atoms with van der Waals surface area (Å²) in [6.07, 6.45) is 3.64. The molecule has 1 spiro atoms. The Morgan fingerprint density at radius 1 is 0.955 bits per heavy atom. The Morgan fingerprint density at radius 3 is 2.52 bits per heavy atom. The number of nitrogens with zero attached hydrogens (tertiary/aromatic N) is 2. The second-order valence-corrected chi connectivity index (χ2v) is 11.1. The topological polar surface area (TPSA) is 119 Å². The van der Waals surface area contributed by atoms with Gasteiger partial charge < -0.3 is 15.0 Å². The fourth-order valence-electron chi connectivity index (χ4n) is 7.23. The van der Waals surface area contributed by atoms with Crippen LogP contribution in [0.1, 0.15) is 50.4 Å². The Kier molecular flexibility index (Phi) is 6.39. The van der Waals surface area contributed by atoms with Gasteiger partial charge in [0.05, 0.1) is 29.1 Å². The van der Waals surface area contributed by atoms with Crippen LogP contribution in [0.15, 0.2) is 103 Å². The third kappa shape index (κ3) is 3.82. The van der Waals surface area contributed by atoms with E-state index in [1.54, 1.807) is 41.4 Å². The van der Waals surface area contributed by atoms with Crippen molar-refractivity contribution in [1.29, 1.82) is 0 Å². The van der Waals surface area contributed by atoms with Gasteiger partial charge in [-0.1, -0.05) is 66.7 Å². The molecule has 4 aromatic carbocycles. The predicted octanol–water partition coefficient (Wildman–Crippen LogP) is 5.98. The van der Waals surface area contributed by atoms with Gasteiger partial charge in [0.25, 0.3) is 5.69 Å². The minimum atomic E-state index is -1.52. The first-order chi connectivity index (χ1) is 21.4. The van der Waals surface area contributed by atoms with Crippen LogP contribution in [0.25, 0.3) is 6.08 Å². The van der Waals surface area contributed by atoms with Gasteiger partial charge >= 0.3 is 0 Å². The summed E-state index contributed by atoms with van der Waals surface area (Å²) in [5, 5.41) is 14.7. The molecule has 3 aliphatic rings. The molecule has 1 saturated heterocycles. The average Bonchev–Trinajstić information content (AvgIpc) is 3.53. The maximum absolute atomic E-state index is 15.1. The van der Waals surface area contributed by atoms with E-state index in [1.165, 1.54) is 24.3 Å². The minimum Gasteiger partial charge on any atom is -0.493 e. The summed E-state index contributed by atoms with van der Waals surface area (Å²) >= 11 is 0. The number of para-hydroxylation sites is 2. The zero-order valence-electron chi connectivity index (χ0n) is 23.7. The summed E-state index contributed by atoms with van der Waals surface area (Å²) in [5.41, 5.74) is 1.43. The van der Waals surface area contributed by atoms with Crippen molar-refractivity contribution in [2.45, 2.75) is 24.4 Å². The number of nitrogens with one attached hydrogen (secondary N) is 1. The second-order valence-electron chi connectivity index (χ2n) is 11.1. The second kappa shape index (κ2) is 10.3. The van der Waals surface area contributed by atoms with Gasteiger partial charge in [-0.25, -0.2) is 0 Å². The van der Waals surface area contributed by atoms with Gasteiger partial charge in [-0.05, 0) is 47.9 Å². The van der Waals surface area contributed by atoms with Crippen LogP contribution >= 0.6 is 0 Å². The molecule has 218 valence electrons. The largest absolute Gasteiger partial charge is 0.493 e. The molecule has 4 atom stereocenters. The zero-order chi connectivity index (χ0) is 30.6. The maximum Gasteiger partial charge on any atom is 0.270 e. The first kappa shape index (κ1) is 27.3. The molecule has 0 saturated carbocycles. The van der Waals surface area contributed by atoms with Gasteiger partial charge in [0.15, 0.2) is 11.6 Å². The van der Waals surface area contributed by atoms with Crippen LogP contribution in [0, 0.1) is 16.0 Å². The smallest absolute Gasteiger partial charge is 0.270 e. The van der Waals surface area contributed by atoms with Gasteiger partial charge in [-0.15, -0.1) is 0 Å². The fourth-order valence-corrected chi connectivity index (χ4v) is 7.23. The monoisotopic (exact) mass is 585 g/mol. The number of fused-ring (bicyclic) bond motifs is 6. The summed E-state index contributed by atoms with van der Waals surface area (Å²) in [6, 6.07) is 25.3. The number of Topliss-reactive ketones (excluding diaryl/α,β-unsaturated/α-hetero) is 2. The van der Waals surface area contributed by atoms with Gasteiger partial charge in [0.2, 0.25) is 5.91 Å². The first-order valence-electron chi connectivity index (χ1n) is 14.4. The van der Waals surface area contributed by atoms with Crippen LogP contribution in [0.3, 0.4) is 0 Å².